The van der Waals surface area contributed by atoms with Crippen LogP contribution < -0.4 is 0 Å². The van der Waals surface area contributed by atoms with Gasteiger partial charge in [0, 0.05) is 0 Å². The minimum Gasteiger partial charge on any atom is -0.298 e. The molecule has 1 nitrogen and oxygen atoms in total. The third-order valence-corrected chi connectivity index (χ3v) is 14.0. The maximum absolute atomic E-state index is 16.2. The molecule has 2 heteroatoms. The highest BCUT2D eigenvalue weighted by Crippen LogP contribution is 2.66. The van der Waals surface area contributed by atoms with Gasteiger partial charge in [0.15, 0.2) is 5.78 Å². The molecular formula is C39H67FO. The highest BCUT2D eigenvalue weighted by atomic mass is 19.1. The fourth-order valence-electron chi connectivity index (χ4n) is 11.2. The number of carbonyl (C=O) groups excluding carboxylic acids is 1. The lowest BCUT2D eigenvalue weighted by Gasteiger charge is -2.62. The second-order valence-corrected chi connectivity index (χ2v) is 16.3. The summed E-state index contributed by atoms with van der Waals surface area (Å²) in [6, 6.07) is 0. The molecule has 0 heterocycles. The Morgan fingerprint density at radius 1 is 0.512 bits per heavy atom. The Hall–Kier alpha value is -0.400. The van der Waals surface area contributed by atoms with Gasteiger partial charge in [-0.1, -0.05) is 110 Å². The van der Waals surface area contributed by atoms with Crippen LogP contribution in [0.3, 0.4) is 0 Å². The second kappa shape index (κ2) is 15.1. The number of ketones is 1. The van der Waals surface area contributed by atoms with Gasteiger partial charge >= 0.3 is 0 Å². The minimum absolute atomic E-state index is 0.385. The van der Waals surface area contributed by atoms with E-state index in [1.165, 1.54) is 122 Å². The van der Waals surface area contributed by atoms with Crippen LogP contribution in [0.1, 0.15) is 187 Å². The van der Waals surface area contributed by atoms with Crippen LogP contribution in [0.5, 0.6) is 0 Å². The van der Waals surface area contributed by atoms with E-state index in [1.807, 2.05) is 0 Å². The van der Waals surface area contributed by atoms with Crippen molar-refractivity contribution in [2.75, 3.05) is 0 Å². The molecule has 0 bridgehead atoms. The highest BCUT2D eigenvalue weighted by molar-refractivity contribution is 5.98. The first-order chi connectivity index (χ1) is 20.0. The Morgan fingerprint density at radius 3 is 1.29 bits per heavy atom. The van der Waals surface area contributed by atoms with Gasteiger partial charge in [0.2, 0.25) is 0 Å². The van der Waals surface area contributed by atoms with E-state index < -0.39 is 17.0 Å². The van der Waals surface area contributed by atoms with Crippen LogP contribution in [-0.4, -0.2) is 12.0 Å². The monoisotopic (exact) mass is 571 g/mol. The first-order valence-electron chi connectivity index (χ1n) is 19.2. The van der Waals surface area contributed by atoms with E-state index in [0.29, 0.717) is 5.78 Å². The van der Waals surface area contributed by atoms with Crippen molar-refractivity contribution in [3.63, 3.8) is 0 Å². The SMILES string of the molecule is CCCCCCCCCC1CCC(C2CC[C@]3(CC2)C(=O)[C@@]2(CCC(C4CCC(CCCC)CC4)CC2)[C@@H]3F)CC1. The van der Waals surface area contributed by atoms with E-state index in [-0.39, 0.29) is 0 Å². The van der Waals surface area contributed by atoms with Crippen LogP contribution in [0.2, 0.25) is 0 Å². The van der Waals surface area contributed by atoms with Crippen molar-refractivity contribution in [1.29, 1.82) is 0 Å². The molecule has 0 aliphatic heterocycles. The second-order valence-electron chi connectivity index (χ2n) is 16.3. The van der Waals surface area contributed by atoms with E-state index in [9.17, 15) is 4.79 Å². The zero-order valence-electron chi connectivity index (χ0n) is 27.4. The highest BCUT2D eigenvalue weighted by Gasteiger charge is 2.71. The van der Waals surface area contributed by atoms with Crippen molar-refractivity contribution >= 4 is 5.78 Å². The van der Waals surface area contributed by atoms with Crippen LogP contribution in [-0.2, 0) is 4.79 Å². The van der Waals surface area contributed by atoms with Crippen molar-refractivity contribution in [3.05, 3.63) is 0 Å². The summed E-state index contributed by atoms with van der Waals surface area (Å²) in [6.45, 7) is 4.61. The summed E-state index contributed by atoms with van der Waals surface area (Å²) in [4.78, 5) is 13.8. The van der Waals surface area contributed by atoms with E-state index in [1.54, 1.807) is 0 Å². The molecule has 0 amide bonds. The van der Waals surface area contributed by atoms with Gasteiger partial charge in [-0.3, -0.25) is 4.79 Å². The third kappa shape index (κ3) is 7.13. The number of hydrogen-bond acceptors (Lipinski definition) is 1. The first-order valence-corrected chi connectivity index (χ1v) is 19.2. The molecule has 0 aromatic heterocycles. The van der Waals surface area contributed by atoms with Gasteiger partial charge in [-0.2, -0.15) is 0 Å². The number of alkyl halides is 1. The Balaban J connectivity index is 0.993. The summed E-state index contributed by atoms with van der Waals surface area (Å²) >= 11 is 0. The lowest BCUT2D eigenvalue weighted by atomic mass is 9.41. The molecule has 2 spiro atoms. The molecule has 0 unspecified atom stereocenters. The topological polar surface area (TPSA) is 17.1 Å². The van der Waals surface area contributed by atoms with Crippen LogP contribution in [0.4, 0.5) is 4.39 Å². The quantitative estimate of drug-likeness (QED) is 0.201. The molecule has 1 atom stereocenters. The molecule has 41 heavy (non-hydrogen) atoms. The van der Waals surface area contributed by atoms with Gasteiger partial charge < -0.3 is 0 Å². The van der Waals surface area contributed by atoms with Gasteiger partial charge in [-0.05, 0) is 113 Å². The summed E-state index contributed by atoms with van der Waals surface area (Å²) in [6.07, 6.45) is 33.9. The molecule has 5 aliphatic rings. The van der Waals surface area contributed by atoms with Gasteiger partial charge in [0.25, 0.3) is 0 Å². The maximum atomic E-state index is 16.2. The van der Waals surface area contributed by atoms with Crippen LogP contribution in [0.15, 0.2) is 0 Å². The number of unbranched alkanes of at least 4 members (excludes halogenated alkanes) is 7. The largest absolute Gasteiger partial charge is 0.298 e. The Bertz CT molecular complexity index is 771. The van der Waals surface area contributed by atoms with Crippen molar-refractivity contribution in [1.82, 2.24) is 0 Å². The molecule has 0 radical (unpaired) electrons. The average molecular weight is 571 g/mol. The molecule has 5 aliphatic carbocycles. The fraction of sp³-hybridized carbons (Fsp3) is 0.974. The van der Waals surface area contributed by atoms with Crippen LogP contribution >= 0.6 is 0 Å². The molecule has 5 saturated carbocycles. The number of carbonyl (C=O) groups is 1. The Kier molecular flexibility index (Phi) is 11.8. The molecule has 0 N–H and O–H groups in total. The average Bonchev–Trinajstić information content (AvgIpc) is 3.03. The lowest BCUT2D eigenvalue weighted by molar-refractivity contribution is -0.194. The van der Waals surface area contributed by atoms with Gasteiger partial charge in [-0.15, -0.1) is 0 Å². The van der Waals surface area contributed by atoms with Crippen molar-refractivity contribution < 1.29 is 9.18 Å². The van der Waals surface area contributed by atoms with E-state index in [4.69, 9.17) is 0 Å². The van der Waals surface area contributed by atoms with E-state index in [0.717, 1.165) is 86.9 Å². The van der Waals surface area contributed by atoms with Crippen molar-refractivity contribution in [2.24, 2.45) is 46.3 Å². The summed E-state index contributed by atoms with van der Waals surface area (Å²) in [5.74, 6) is 5.55. The minimum atomic E-state index is -0.841. The molecule has 0 aromatic rings. The van der Waals surface area contributed by atoms with E-state index >= 15 is 4.39 Å². The van der Waals surface area contributed by atoms with Gasteiger partial charge in [-0.25, -0.2) is 4.39 Å². The van der Waals surface area contributed by atoms with Crippen molar-refractivity contribution in [2.45, 2.75) is 193 Å². The summed E-state index contributed by atoms with van der Waals surface area (Å²) in [7, 11) is 0. The predicted molar refractivity (Wildman–Crippen MR) is 172 cm³/mol. The number of hydrogen-bond donors (Lipinski definition) is 0. The molecule has 5 rings (SSSR count). The first kappa shape index (κ1) is 32.0. The van der Waals surface area contributed by atoms with E-state index in [2.05, 4.69) is 13.8 Å². The van der Waals surface area contributed by atoms with Crippen LogP contribution in [0, 0.1) is 46.3 Å². The number of rotatable bonds is 13. The van der Waals surface area contributed by atoms with Crippen molar-refractivity contribution in [3.8, 4) is 0 Å². The maximum Gasteiger partial charge on any atom is 0.151 e. The van der Waals surface area contributed by atoms with Crippen LogP contribution in [0.25, 0.3) is 0 Å². The standard InChI is InChI=1S/C39H67FO/c1-3-5-7-8-9-10-11-13-31-16-20-33(21-17-31)35-24-28-39(29-25-35)36(40)38(37(39)41)26-22-34(23-27-38)32-18-14-30(15-19-32)12-6-4-2/h30-36H,3-29H2,1-2H3/t30?,31?,32?,33?,34?,35?,36-,38-,39-/m0/s1. The summed E-state index contributed by atoms with van der Waals surface area (Å²) < 4.78 is 16.2. The zero-order valence-corrected chi connectivity index (χ0v) is 27.4. The predicted octanol–water partition coefficient (Wildman–Crippen LogP) is 12.2. The fourth-order valence-corrected chi connectivity index (χ4v) is 11.2. The number of halogens is 1. The third-order valence-electron chi connectivity index (χ3n) is 14.0. The molecule has 236 valence electrons. The zero-order chi connectivity index (χ0) is 28.7. The summed E-state index contributed by atoms with van der Waals surface area (Å²) in [5, 5.41) is 0. The lowest BCUT2D eigenvalue weighted by Crippen LogP contribution is -2.69. The Labute approximate surface area is 254 Å². The van der Waals surface area contributed by atoms with Gasteiger partial charge in [0.05, 0.1) is 10.8 Å². The molecular weight excluding hydrogens is 503 g/mol. The van der Waals surface area contributed by atoms with Gasteiger partial charge in [0.1, 0.15) is 6.17 Å². The molecule has 5 fully saturated rings. The number of Topliss-reactive ketones (excluding diaryl/α,β-unsaturated/α-hetero) is 1. The molecule has 0 aromatic carbocycles. The smallest absolute Gasteiger partial charge is 0.151 e. The normalized spacial score (nSPS) is 41.5. The summed E-state index contributed by atoms with van der Waals surface area (Å²) in [5.41, 5.74) is -1.15. The Morgan fingerprint density at radius 2 is 0.878 bits per heavy atom. The molecule has 0 saturated heterocycles.